The van der Waals surface area contributed by atoms with Crippen molar-refractivity contribution in [3.05, 3.63) is 39.9 Å². The summed E-state index contributed by atoms with van der Waals surface area (Å²) >= 11 is 0. The van der Waals surface area contributed by atoms with Crippen molar-refractivity contribution < 1.29 is 14.5 Å². The Labute approximate surface area is 117 Å². The molecule has 110 valence electrons. The number of ether oxygens (including phenoxy) is 1. The Morgan fingerprint density at radius 2 is 2.05 bits per heavy atom. The predicted molar refractivity (Wildman–Crippen MR) is 73.8 cm³/mol. The molecule has 0 aliphatic carbocycles. The van der Waals surface area contributed by atoms with Gasteiger partial charge < -0.3 is 16.2 Å². The van der Waals surface area contributed by atoms with E-state index in [-0.39, 0.29) is 12.3 Å². The first-order valence-electron chi connectivity index (χ1n) is 6.41. The van der Waals surface area contributed by atoms with Crippen molar-refractivity contribution in [3.63, 3.8) is 0 Å². The molecule has 7 heteroatoms. The van der Waals surface area contributed by atoms with Gasteiger partial charge in [-0.2, -0.15) is 0 Å². The van der Waals surface area contributed by atoms with Crippen molar-refractivity contribution in [3.8, 4) is 0 Å². The van der Waals surface area contributed by atoms with E-state index in [0.29, 0.717) is 18.5 Å². The van der Waals surface area contributed by atoms with Crippen molar-refractivity contribution in [2.45, 2.75) is 31.9 Å². The molecule has 0 saturated carbocycles. The number of nitrogens with two attached hydrogens (primary N) is 2. The zero-order valence-corrected chi connectivity index (χ0v) is 11.2. The number of nitrogens with zero attached hydrogens (tertiary/aromatic N) is 1. The van der Waals surface area contributed by atoms with Gasteiger partial charge in [0.25, 0.3) is 5.69 Å². The van der Waals surface area contributed by atoms with Crippen LogP contribution in [0.15, 0.2) is 24.3 Å². The summed E-state index contributed by atoms with van der Waals surface area (Å²) in [6.45, 7) is 0.401. The van der Waals surface area contributed by atoms with Crippen LogP contribution in [0.3, 0.4) is 0 Å². The first kappa shape index (κ1) is 16.1. The molecule has 0 amide bonds. The van der Waals surface area contributed by atoms with Crippen LogP contribution in [0.4, 0.5) is 5.69 Å². The summed E-state index contributed by atoms with van der Waals surface area (Å²) in [5, 5.41) is 10.8. The van der Waals surface area contributed by atoms with Crippen LogP contribution < -0.4 is 11.5 Å². The molecule has 0 aliphatic heterocycles. The summed E-state index contributed by atoms with van der Waals surface area (Å²) < 4.78 is 5.01. The number of hydrogen-bond donors (Lipinski definition) is 2. The van der Waals surface area contributed by atoms with E-state index in [2.05, 4.69) is 0 Å². The second-order valence-electron chi connectivity index (χ2n) is 4.38. The Balaban J connectivity index is 2.50. The number of para-hydroxylation sites is 1. The molecule has 0 saturated heterocycles. The standard InChI is InChI=1S/C13H19N3O4/c14-8-4-3-6-11(15)13(17)20-9-10-5-1-2-7-12(10)16(18)19/h1-2,5,7,11H,3-4,6,8-9,14-15H2/t11-/m0/s1. The first-order chi connectivity index (χ1) is 9.56. The van der Waals surface area contributed by atoms with E-state index in [1.165, 1.54) is 6.07 Å². The minimum Gasteiger partial charge on any atom is -0.459 e. The Morgan fingerprint density at radius 3 is 2.70 bits per heavy atom. The highest BCUT2D eigenvalue weighted by Gasteiger charge is 2.17. The second kappa shape index (κ2) is 8.23. The first-order valence-corrected chi connectivity index (χ1v) is 6.41. The number of esters is 1. The molecule has 0 radical (unpaired) electrons. The topological polar surface area (TPSA) is 121 Å². The van der Waals surface area contributed by atoms with Gasteiger partial charge >= 0.3 is 5.97 Å². The van der Waals surface area contributed by atoms with Gasteiger partial charge in [0.15, 0.2) is 0 Å². The number of carbonyl (C=O) groups excluding carboxylic acids is 1. The lowest BCUT2D eigenvalue weighted by Gasteiger charge is -2.11. The highest BCUT2D eigenvalue weighted by atomic mass is 16.6. The van der Waals surface area contributed by atoms with Crippen LogP contribution in [0, 0.1) is 10.1 Å². The van der Waals surface area contributed by atoms with Crippen LogP contribution in [0.2, 0.25) is 0 Å². The molecule has 0 heterocycles. The third-order valence-corrected chi connectivity index (χ3v) is 2.83. The monoisotopic (exact) mass is 281 g/mol. The summed E-state index contributed by atoms with van der Waals surface area (Å²) in [6.07, 6.45) is 2.04. The summed E-state index contributed by atoms with van der Waals surface area (Å²) in [5.41, 5.74) is 11.3. The molecule has 1 rings (SSSR count). The Morgan fingerprint density at radius 1 is 1.35 bits per heavy atom. The second-order valence-corrected chi connectivity index (χ2v) is 4.38. The maximum atomic E-state index is 11.6. The fourth-order valence-electron chi connectivity index (χ4n) is 1.69. The number of benzene rings is 1. The molecule has 4 N–H and O–H groups in total. The van der Waals surface area contributed by atoms with E-state index in [1.54, 1.807) is 18.2 Å². The molecule has 20 heavy (non-hydrogen) atoms. The van der Waals surface area contributed by atoms with Crippen LogP contribution >= 0.6 is 0 Å². The summed E-state index contributed by atoms with van der Waals surface area (Å²) in [4.78, 5) is 21.9. The molecule has 0 fully saturated rings. The molecular formula is C13H19N3O4. The van der Waals surface area contributed by atoms with E-state index in [4.69, 9.17) is 16.2 Å². The molecule has 0 aromatic heterocycles. The molecule has 0 aliphatic rings. The van der Waals surface area contributed by atoms with Crippen molar-refractivity contribution in [2.75, 3.05) is 6.54 Å². The largest absolute Gasteiger partial charge is 0.459 e. The third kappa shape index (κ3) is 4.94. The predicted octanol–water partition coefficient (Wildman–Crippen LogP) is 1.09. The van der Waals surface area contributed by atoms with E-state index in [9.17, 15) is 14.9 Å². The van der Waals surface area contributed by atoms with Gasteiger partial charge in [0, 0.05) is 6.07 Å². The molecular weight excluding hydrogens is 262 g/mol. The number of rotatable bonds is 8. The SMILES string of the molecule is NCCCC[C@H](N)C(=O)OCc1ccccc1[N+](=O)[O-]. The average molecular weight is 281 g/mol. The Kier molecular flexibility index (Phi) is 6.61. The minimum atomic E-state index is -0.718. The number of hydrogen-bond acceptors (Lipinski definition) is 6. The lowest BCUT2D eigenvalue weighted by molar-refractivity contribution is -0.385. The van der Waals surface area contributed by atoms with Gasteiger partial charge in [-0.05, 0) is 25.5 Å². The summed E-state index contributed by atoms with van der Waals surface area (Å²) in [6, 6.07) is 5.40. The van der Waals surface area contributed by atoms with E-state index >= 15 is 0 Å². The lowest BCUT2D eigenvalue weighted by atomic mass is 10.1. The normalized spacial score (nSPS) is 11.9. The van der Waals surface area contributed by atoms with Crippen LogP contribution in [0.5, 0.6) is 0 Å². The maximum absolute atomic E-state index is 11.6. The number of nitro groups is 1. The zero-order chi connectivity index (χ0) is 15.0. The van der Waals surface area contributed by atoms with Crippen molar-refractivity contribution in [1.82, 2.24) is 0 Å². The average Bonchev–Trinajstić information content (AvgIpc) is 2.45. The number of carbonyl (C=O) groups is 1. The molecule has 7 nitrogen and oxygen atoms in total. The fourth-order valence-corrected chi connectivity index (χ4v) is 1.69. The third-order valence-electron chi connectivity index (χ3n) is 2.83. The Hall–Kier alpha value is -1.99. The van der Waals surface area contributed by atoms with Gasteiger partial charge in [0.2, 0.25) is 0 Å². The Bertz CT molecular complexity index is 465. The maximum Gasteiger partial charge on any atom is 0.323 e. The number of nitro benzene ring substituents is 1. The van der Waals surface area contributed by atoms with Crippen LogP contribution in [-0.4, -0.2) is 23.5 Å². The molecule has 1 aromatic rings. The van der Waals surface area contributed by atoms with Gasteiger partial charge in [-0.1, -0.05) is 18.6 Å². The lowest BCUT2D eigenvalue weighted by Crippen LogP contribution is -2.32. The van der Waals surface area contributed by atoms with Crippen molar-refractivity contribution in [2.24, 2.45) is 11.5 Å². The number of unbranched alkanes of at least 4 members (excludes halogenated alkanes) is 1. The van der Waals surface area contributed by atoms with Crippen LogP contribution in [0.25, 0.3) is 0 Å². The summed E-state index contributed by atoms with van der Waals surface area (Å²) in [7, 11) is 0. The van der Waals surface area contributed by atoms with E-state index in [0.717, 1.165) is 12.8 Å². The summed E-state index contributed by atoms with van der Waals surface area (Å²) in [5.74, 6) is -0.555. The van der Waals surface area contributed by atoms with Crippen molar-refractivity contribution >= 4 is 11.7 Å². The molecule has 0 bridgehead atoms. The van der Waals surface area contributed by atoms with Crippen LogP contribution in [0.1, 0.15) is 24.8 Å². The van der Waals surface area contributed by atoms with Gasteiger partial charge in [0.1, 0.15) is 12.6 Å². The smallest absolute Gasteiger partial charge is 0.323 e. The van der Waals surface area contributed by atoms with E-state index in [1.807, 2.05) is 0 Å². The molecule has 0 unspecified atom stereocenters. The van der Waals surface area contributed by atoms with Crippen LogP contribution in [-0.2, 0) is 16.1 Å². The van der Waals surface area contributed by atoms with E-state index < -0.39 is 16.9 Å². The quantitative estimate of drug-likeness (QED) is 0.318. The minimum absolute atomic E-state index is 0.0722. The van der Waals surface area contributed by atoms with Gasteiger partial charge in [-0.15, -0.1) is 0 Å². The highest BCUT2D eigenvalue weighted by Crippen LogP contribution is 2.18. The van der Waals surface area contributed by atoms with Gasteiger partial charge in [-0.3, -0.25) is 14.9 Å². The molecule has 1 atom stereocenters. The van der Waals surface area contributed by atoms with Gasteiger partial charge in [-0.25, -0.2) is 0 Å². The zero-order valence-electron chi connectivity index (χ0n) is 11.2. The van der Waals surface area contributed by atoms with Crippen molar-refractivity contribution in [1.29, 1.82) is 0 Å². The van der Waals surface area contributed by atoms with Gasteiger partial charge in [0.05, 0.1) is 10.5 Å². The highest BCUT2D eigenvalue weighted by molar-refractivity contribution is 5.75. The molecule has 0 spiro atoms. The fraction of sp³-hybridized carbons (Fsp3) is 0.462. The molecule has 1 aromatic carbocycles.